The maximum absolute atomic E-state index is 14.6. The Morgan fingerprint density at radius 2 is 1.82 bits per heavy atom. The number of benzene rings is 2. The normalized spacial score (nSPS) is 22.7. The number of amides is 2. The number of amidine groups is 1. The lowest BCUT2D eigenvalue weighted by Gasteiger charge is -2.48. The van der Waals surface area contributed by atoms with Gasteiger partial charge in [-0.2, -0.15) is 0 Å². The first-order valence-corrected chi connectivity index (χ1v) is 16.8. The topological polar surface area (TPSA) is 98.2 Å². The Hall–Kier alpha value is -3.23. The fourth-order valence-corrected chi connectivity index (χ4v) is 7.12. The maximum Gasteiger partial charge on any atom is 0.275 e. The number of hydrazine groups is 1. The van der Waals surface area contributed by atoms with Crippen LogP contribution in [0.2, 0.25) is 5.02 Å². The van der Waals surface area contributed by atoms with Crippen LogP contribution in [0.1, 0.15) is 114 Å². The summed E-state index contributed by atoms with van der Waals surface area (Å²) in [5.74, 6) is 1.08. The minimum Gasteiger partial charge on any atom is -0.345 e. The van der Waals surface area contributed by atoms with Crippen molar-refractivity contribution in [3.05, 3.63) is 70.2 Å². The highest BCUT2D eigenvalue weighted by Gasteiger charge is 2.53. The second kappa shape index (κ2) is 13.2. The molecule has 0 aromatic heterocycles. The molecule has 3 N–H and O–H groups in total. The van der Waals surface area contributed by atoms with E-state index in [1.54, 1.807) is 0 Å². The molecule has 5 rings (SSSR count). The van der Waals surface area contributed by atoms with Crippen LogP contribution in [0.3, 0.4) is 0 Å². The zero-order chi connectivity index (χ0) is 32.4. The first-order chi connectivity index (χ1) is 21.3. The number of carbonyl (C=O) groups is 2. The standard InChI is InChI=1S/C36H49ClN6O2/c1-7-35(5,6)27-15-19-36(20-16-27)41-31(26-9-8-10-28(37)21-26)33(45)43(36)29(17-18-34(2,3)4)24-11-13-25(14-12-24)32(44)38-22-30-39-23-40-42-30/h8-14,21,27,29,40H,7,15-20,22-23H2,1-6H3,(H,38,44)(H,39,42). The van der Waals surface area contributed by atoms with Crippen molar-refractivity contribution in [2.24, 2.45) is 26.7 Å². The fraction of sp³-hybridized carbons (Fsp3) is 0.556. The van der Waals surface area contributed by atoms with Gasteiger partial charge >= 0.3 is 0 Å². The number of nitrogens with one attached hydrogen (secondary N) is 3. The summed E-state index contributed by atoms with van der Waals surface area (Å²) in [5, 5.41) is 3.52. The molecule has 2 aromatic carbocycles. The van der Waals surface area contributed by atoms with Crippen LogP contribution in [0.4, 0.5) is 0 Å². The molecule has 1 unspecified atom stereocenters. The number of halogens is 1. The van der Waals surface area contributed by atoms with Crippen LogP contribution >= 0.6 is 11.6 Å². The molecule has 1 spiro atoms. The van der Waals surface area contributed by atoms with E-state index in [0.717, 1.165) is 56.1 Å². The Bertz CT molecular complexity index is 1450. The average Bonchev–Trinajstić information content (AvgIpc) is 3.63. The van der Waals surface area contributed by atoms with Crippen LogP contribution in [0.5, 0.6) is 0 Å². The first kappa shape index (κ1) is 33.1. The van der Waals surface area contributed by atoms with E-state index in [-0.39, 0.29) is 28.7 Å². The lowest BCUT2D eigenvalue weighted by molar-refractivity contribution is -0.134. The van der Waals surface area contributed by atoms with Crippen molar-refractivity contribution < 1.29 is 9.59 Å². The molecular formula is C36H49ClN6O2. The molecule has 1 aliphatic carbocycles. The van der Waals surface area contributed by atoms with Crippen LogP contribution in [0.25, 0.3) is 0 Å². The molecule has 9 heteroatoms. The van der Waals surface area contributed by atoms with E-state index >= 15 is 0 Å². The average molecular weight is 633 g/mol. The molecule has 0 radical (unpaired) electrons. The minimum atomic E-state index is -0.614. The zero-order valence-electron chi connectivity index (χ0n) is 27.7. The molecule has 0 saturated heterocycles. The first-order valence-electron chi connectivity index (χ1n) is 16.4. The number of hydrogen-bond donors (Lipinski definition) is 3. The van der Waals surface area contributed by atoms with Crippen molar-refractivity contribution in [2.75, 3.05) is 13.2 Å². The van der Waals surface area contributed by atoms with Gasteiger partial charge in [-0.1, -0.05) is 83.8 Å². The third kappa shape index (κ3) is 7.44. The lowest BCUT2D eigenvalue weighted by atomic mass is 9.67. The molecule has 8 nitrogen and oxygen atoms in total. The van der Waals surface area contributed by atoms with Gasteiger partial charge in [0.05, 0.1) is 12.6 Å². The molecule has 2 aromatic rings. The van der Waals surface area contributed by atoms with Gasteiger partial charge in [-0.3, -0.25) is 19.6 Å². The van der Waals surface area contributed by atoms with E-state index in [4.69, 9.17) is 16.6 Å². The van der Waals surface area contributed by atoms with E-state index in [9.17, 15) is 9.59 Å². The summed E-state index contributed by atoms with van der Waals surface area (Å²) < 4.78 is 0. The van der Waals surface area contributed by atoms with Gasteiger partial charge in [0, 0.05) is 16.1 Å². The summed E-state index contributed by atoms with van der Waals surface area (Å²) in [7, 11) is 0. The molecule has 1 atom stereocenters. The van der Waals surface area contributed by atoms with E-state index in [1.807, 2.05) is 48.5 Å². The van der Waals surface area contributed by atoms with Crippen molar-refractivity contribution in [3.8, 4) is 0 Å². The van der Waals surface area contributed by atoms with E-state index in [1.165, 1.54) is 0 Å². The van der Waals surface area contributed by atoms with Gasteiger partial charge in [-0.05, 0) is 85.1 Å². The highest BCUT2D eigenvalue weighted by molar-refractivity contribution is 6.47. The van der Waals surface area contributed by atoms with E-state index in [0.29, 0.717) is 41.3 Å². The van der Waals surface area contributed by atoms with Crippen molar-refractivity contribution in [1.82, 2.24) is 21.1 Å². The van der Waals surface area contributed by atoms with Crippen molar-refractivity contribution in [3.63, 3.8) is 0 Å². The molecule has 2 aliphatic heterocycles. The van der Waals surface area contributed by atoms with Gasteiger partial charge in [0.15, 0.2) is 0 Å². The maximum atomic E-state index is 14.6. The summed E-state index contributed by atoms with van der Waals surface area (Å²) in [5.41, 5.74) is 8.42. The molecule has 45 heavy (non-hydrogen) atoms. The fourth-order valence-electron chi connectivity index (χ4n) is 6.92. The third-order valence-corrected chi connectivity index (χ3v) is 10.4. The smallest absolute Gasteiger partial charge is 0.275 e. The van der Waals surface area contributed by atoms with Gasteiger partial charge in [-0.25, -0.2) is 5.43 Å². The van der Waals surface area contributed by atoms with Gasteiger partial charge in [-0.15, -0.1) is 0 Å². The molecule has 242 valence electrons. The predicted octanol–water partition coefficient (Wildman–Crippen LogP) is 7.06. The number of hydrogen-bond acceptors (Lipinski definition) is 6. The predicted molar refractivity (Wildman–Crippen MR) is 182 cm³/mol. The van der Waals surface area contributed by atoms with Crippen LogP contribution in [0, 0.1) is 16.7 Å². The molecule has 2 heterocycles. The van der Waals surface area contributed by atoms with Gasteiger partial charge < -0.3 is 15.6 Å². The van der Waals surface area contributed by atoms with Crippen molar-refractivity contribution in [2.45, 2.75) is 98.2 Å². The molecule has 1 saturated carbocycles. The molecule has 0 bridgehead atoms. The summed E-state index contributed by atoms with van der Waals surface area (Å²) in [6, 6.07) is 15.1. The largest absolute Gasteiger partial charge is 0.345 e. The van der Waals surface area contributed by atoms with Crippen LogP contribution in [0.15, 0.2) is 58.5 Å². The SMILES string of the molecule is CCC(C)(C)C1CCC2(CC1)N=C(c1cccc(Cl)c1)C(=O)N2C(CCC(C)(C)C)c1ccc(C(=O)NCC2=NCNN2)cc1. The number of rotatable bonds is 10. The lowest BCUT2D eigenvalue weighted by Crippen LogP contribution is -2.51. The summed E-state index contributed by atoms with van der Waals surface area (Å²) in [4.78, 5) is 39.3. The van der Waals surface area contributed by atoms with E-state index in [2.05, 4.69) is 67.6 Å². The van der Waals surface area contributed by atoms with Crippen LogP contribution in [-0.4, -0.2) is 47.1 Å². The Kier molecular flexibility index (Phi) is 9.76. The van der Waals surface area contributed by atoms with E-state index < -0.39 is 5.66 Å². The second-order valence-electron chi connectivity index (χ2n) is 14.7. The Morgan fingerprint density at radius 1 is 1.11 bits per heavy atom. The number of carbonyl (C=O) groups excluding carboxylic acids is 2. The molecule has 1 fully saturated rings. The zero-order valence-corrected chi connectivity index (χ0v) is 28.4. The minimum absolute atomic E-state index is 0.0374. The second-order valence-corrected chi connectivity index (χ2v) is 15.2. The Balaban J connectivity index is 1.49. The molecule has 2 amide bonds. The Labute approximate surface area is 273 Å². The Morgan fingerprint density at radius 3 is 2.42 bits per heavy atom. The van der Waals surface area contributed by atoms with Crippen LogP contribution < -0.4 is 16.2 Å². The number of nitrogens with zero attached hydrogens (tertiary/aromatic N) is 3. The van der Waals surface area contributed by atoms with Gasteiger partial charge in [0.1, 0.15) is 23.9 Å². The molecular weight excluding hydrogens is 584 g/mol. The van der Waals surface area contributed by atoms with Crippen LogP contribution in [-0.2, 0) is 4.79 Å². The van der Waals surface area contributed by atoms with Gasteiger partial charge in [0.2, 0.25) is 0 Å². The quantitative estimate of drug-likeness (QED) is 0.261. The summed E-state index contributed by atoms with van der Waals surface area (Å²) >= 11 is 6.40. The van der Waals surface area contributed by atoms with Gasteiger partial charge in [0.25, 0.3) is 11.8 Å². The highest BCUT2D eigenvalue weighted by Crippen LogP contribution is 2.51. The summed E-state index contributed by atoms with van der Waals surface area (Å²) in [6.45, 7) is 14.5. The van der Waals surface area contributed by atoms with Crippen molar-refractivity contribution >= 4 is 35.0 Å². The summed E-state index contributed by atoms with van der Waals surface area (Å²) in [6.07, 6.45) is 6.56. The monoisotopic (exact) mass is 632 g/mol. The number of aliphatic imine (C=N–C) groups is 2. The highest BCUT2D eigenvalue weighted by atomic mass is 35.5. The third-order valence-electron chi connectivity index (χ3n) is 10.1. The molecule has 3 aliphatic rings. The van der Waals surface area contributed by atoms with Crippen molar-refractivity contribution in [1.29, 1.82) is 0 Å².